The normalized spacial score (nSPS) is 16.2. The molecule has 0 amide bonds. The van der Waals surface area contributed by atoms with Gasteiger partial charge in [0.2, 0.25) is 10.0 Å². The Morgan fingerprint density at radius 1 is 1.12 bits per heavy atom. The molecule has 0 atom stereocenters. The molecule has 2 aromatic carbocycles. The number of sulfonamides is 1. The minimum absolute atomic E-state index is 0.0114. The number of para-hydroxylation sites is 1. The molecule has 0 aliphatic carbocycles. The van der Waals surface area contributed by atoms with Gasteiger partial charge in [-0.05, 0) is 11.6 Å². The van der Waals surface area contributed by atoms with Crippen molar-refractivity contribution in [3.8, 4) is 0 Å². The van der Waals surface area contributed by atoms with Gasteiger partial charge in [0.05, 0.1) is 4.92 Å². The highest BCUT2D eigenvalue weighted by atomic mass is 32.2. The fraction of sp³-hybridized carbons (Fsp3) is 0.294. The van der Waals surface area contributed by atoms with Gasteiger partial charge in [-0.3, -0.25) is 10.1 Å². The monoisotopic (exact) mass is 377 g/mol. The molecule has 8 nitrogen and oxygen atoms in total. The summed E-state index contributed by atoms with van der Waals surface area (Å²) in [7, 11) is -4.18. The van der Waals surface area contributed by atoms with Crippen molar-refractivity contribution in [2.45, 2.75) is 17.0 Å². The fourth-order valence-electron chi connectivity index (χ4n) is 2.83. The van der Waals surface area contributed by atoms with Gasteiger partial charge >= 0.3 is 0 Å². The number of hydrogen-bond acceptors (Lipinski definition) is 6. The first-order valence-electron chi connectivity index (χ1n) is 8.02. The summed E-state index contributed by atoms with van der Waals surface area (Å²) in [5, 5.41) is 24.6. The van der Waals surface area contributed by atoms with Crippen molar-refractivity contribution in [1.29, 1.82) is 0 Å². The van der Waals surface area contributed by atoms with Gasteiger partial charge in [0.1, 0.15) is 5.60 Å². The molecule has 9 heteroatoms. The predicted octanol–water partition coefficient (Wildman–Crippen LogP) is 1.12. The highest BCUT2D eigenvalue weighted by Gasteiger charge is 2.41. The third-order valence-corrected chi connectivity index (χ3v) is 6.10. The van der Waals surface area contributed by atoms with Crippen LogP contribution in [0.2, 0.25) is 0 Å². The summed E-state index contributed by atoms with van der Waals surface area (Å²) in [6.07, 6.45) is 0. The van der Waals surface area contributed by atoms with Crippen molar-refractivity contribution in [1.82, 2.24) is 9.62 Å². The Hall–Kier alpha value is -2.33. The van der Waals surface area contributed by atoms with Gasteiger partial charge in [0.25, 0.3) is 5.69 Å². The minimum atomic E-state index is -4.18. The number of nitro benzene ring substituents is 1. The van der Waals surface area contributed by atoms with Crippen LogP contribution in [0.15, 0.2) is 59.5 Å². The molecule has 1 saturated heterocycles. The van der Waals surface area contributed by atoms with Gasteiger partial charge in [-0.25, -0.2) is 8.42 Å². The van der Waals surface area contributed by atoms with Crippen molar-refractivity contribution in [2.75, 3.05) is 19.6 Å². The van der Waals surface area contributed by atoms with Crippen LogP contribution in [0.5, 0.6) is 0 Å². The Morgan fingerprint density at radius 3 is 2.31 bits per heavy atom. The van der Waals surface area contributed by atoms with E-state index >= 15 is 0 Å². The Kier molecular flexibility index (Phi) is 5.05. The number of rotatable bonds is 7. The van der Waals surface area contributed by atoms with Crippen LogP contribution in [0, 0.1) is 10.1 Å². The maximum atomic E-state index is 13.2. The zero-order valence-corrected chi connectivity index (χ0v) is 14.7. The summed E-state index contributed by atoms with van der Waals surface area (Å²) in [6, 6.07) is 14.2. The van der Waals surface area contributed by atoms with E-state index in [0.717, 1.165) is 15.9 Å². The van der Waals surface area contributed by atoms with E-state index in [-0.39, 0.29) is 31.1 Å². The molecule has 138 valence electrons. The molecule has 0 bridgehead atoms. The molecule has 3 rings (SSSR count). The summed E-state index contributed by atoms with van der Waals surface area (Å²) in [5.41, 5.74) is -0.944. The molecule has 1 heterocycles. The molecule has 0 aromatic heterocycles. The van der Waals surface area contributed by atoms with Crippen LogP contribution in [0.4, 0.5) is 5.69 Å². The lowest BCUT2D eigenvalue weighted by atomic mass is 9.97. The summed E-state index contributed by atoms with van der Waals surface area (Å²) < 4.78 is 27.4. The number of nitro groups is 1. The van der Waals surface area contributed by atoms with Crippen molar-refractivity contribution in [2.24, 2.45) is 0 Å². The van der Waals surface area contributed by atoms with Crippen LogP contribution < -0.4 is 5.32 Å². The van der Waals surface area contributed by atoms with E-state index in [1.807, 2.05) is 6.07 Å². The number of nitrogens with one attached hydrogen (secondary N) is 1. The average molecular weight is 377 g/mol. The number of β-amino-alcohol motifs (C(OH)–C–C–N with tert-alkyl or cyclic N) is 1. The molecule has 0 saturated carbocycles. The van der Waals surface area contributed by atoms with Crippen LogP contribution in [-0.4, -0.2) is 48.0 Å². The first kappa shape index (κ1) is 18.5. The first-order chi connectivity index (χ1) is 12.3. The van der Waals surface area contributed by atoms with E-state index in [1.165, 1.54) is 18.2 Å². The van der Waals surface area contributed by atoms with Crippen molar-refractivity contribution < 1.29 is 18.4 Å². The standard InChI is InChI=1S/C17H19N3O5S/c21-17(11-18-12-17)13-19(10-14-6-2-1-3-7-14)26(24,25)16-9-5-4-8-15(16)20(22)23/h1-9,18,21H,10-13H2. The van der Waals surface area contributed by atoms with Gasteiger partial charge in [0.15, 0.2) is 4.90 Å². The van der Waals surface area contributed by atoms with Gasteiger partial charge in [-0.15, -0.1) is 0 Å². The summed E-state index contributed by atoms with van der Waals surface area (Å²) in [4.78, 5) is 10.2. The lowest BCUT2D eigenvalue weighted by molar-refractivity contribution is -0.387. The topological polar surface area (TPSA) is 113 Å². The summed E-state index contributed by atoms with van der Waals surface area (Å²) in [5.74, 6) is 0. The van der Waals surface area contributed by atoms with E-state index in [4.69, 9.17) is 0 Å². The quantitative estimate of drug-likeness (QED) is 0.552. The van der Waals surface area contributed by atoms with Crippen molar-refractivity contribution in [3.05, 3.63) is 70.3 Å². The Morgan fingerprint density at radius 2 is 1.73 bits per heavy atom. The molecule has 0 radical (unpaired) electrons. The molecule has 2 N–H and O–H groups in total. The highest BCUT2D eigenvalue weighted by Crippen LogP contribution is 2.29. The first-order valence-corrected chi connectivity index (χ1v) is 9.46. The van der Waals surface area contributed by atoms with E-state index in [1.54, 1.807) is 24.3 Å². The van der Waals surface area contributed by atoms with Gasteiger partial charge in [-0.2, -0.15) is 4.31 Å². The average Bonchev–Trinajstić information content (AvgIpc) is 2.60. The van der Waals surface area contributed by atoms with Gasteiger partial charge < -0.3 is 10.4 Å². The smallest absolute Gasteiger partial charge is 0.289 e. The second-order valence-corrected chi connectivity index (χ2v) is 8.22. The maximum Gasteiger partial charge on any atom is 0.289 e. The lowest BCUT2D eigenvalue weighted by Gasteiger charge is -2.40. The second-order valence-electron chi connectivity index (χ2n) is 6.31. The van der Waals surface area contributed by atoms with E-state index in [0.29, 0.717) is 0 Å². The zero-order valence-electron chi connectivity index (χ0n) is 13.9. The molecule has 0 spiro atoms. The maximum absolute atomic E-state index is 13.2. The molecule has 1 aliphatic rings. The molecule has 1 aliphatic heterocycles. The second kappa shape index (κ2) is 7.12. The summed E-state index contributed by atoms with van der Waals surface area (Å²) in [6.45, 7) is 0.399. The van der Waals surface area contributed by atoms with Crippen molar-refractivity contribution in [3.63, 3.8) is 0 Å². The lowest BCUT2D eigenvalue weighted by Crippen LogP contribution is -2.64. The van der Waals surface area contributed by atoms with Crippen LogP contribution in [0.25, 0.3) is 0 Å². The SMILES string of the molecule is O=[N+]([O-])c1ccccc1S(=O)(=O)N(Cc1ccccc1)CC1(O)CNC1. The largest absolute Gasteiger partial charge is 0.386 e. The van der Waals surface area contributed by atoms with E-state index in [2.05, 4.69) is 5.32 Å². The Balaban J connectivity index is 2.01. The zero-order chi connectivity index (χ0) is 18.8. The third-order valence-electron chi connectivity index (χ3n) is 4.26. The molecule has 1 fully saturated rings. The number of benzene rings is 2. The van der Waals surface area contributed by atoms with E-state index in [9.17, 15) is 23.6 Å². The molecule has 0 unspecified atom stereocenters. The molecule has 26 heavy (non-hydrogen) atoms. The predicted molar refractivity (Wildman–Crippen MR) is 95.0 cm³/mol. The van der Waals surface area contributed by atoms with Gasteiger partial charge in [-0.1, -0.05) is 42.5 Å². The Bertz CT molecular complexity index is 898. The molecular weight excluding hydrogens is 358 g/mol. The third kappa shape index (κ3) is 3.75. The van der Waals surface area contributed by atoms with Crippen LogP contribution in [0.1, 0.15) is 5.56 Å². The van der Waals surface area contributed by atoms with Crippen molar-refractivity contribution >= 4 is 15.7 Å². The minimum Gasteiger partial charge on any atom is -0.386 e. The number of nitrogens with zero attached hydrogens (tertiary/aromatic N) is 2. The Labute approximate surface area is 151 Å². The molecular formula is C17H19N3O5S. The summed E-state index contributed by atoms with van der Waals surface area (Å²) >= 11 is 0. The highest BCUT2D eigenvalue weighted by molar-refractivity contribution is 7.89. The number of aliphatic hydroxyl groups is 1. The van der Waals surface area contributed by atoms with Gasteiger partial charge in [0, 0.05) is 32.2 Å². The fourth-order valence-corrected chi connectivity index (χ4v) is 4.50. The van der Waals surface area contributed by atoms with Crippen LogP contribution in [-0.2, 0) is 16.6 Å². The van der Waals surface area contributed by atoms with Crippen LogP contribution in [0.3, 0.4) is 0 Å². The van der Waals surface area contributed by atoms with Crippen LogP contribution >= 0.6 is 0 Å². The number of hydrogen-bond donors (Lipinski definition) is 2. The van der Waals surface area contributed by atoms with E-state index < -0.39 is 26.2 Å². The molecule has 2 aromatic rings.